The highest BCUT2D eigenvalue weighted by Crippen LogP contribution is 2.43. The first-order valence-electron chi connectivity index (χ1n) is 11.2. The van der Waals surface area contributed by atoms with Crippen LogP contribution in [0.2, 0.25) is 0 Å². The minimum atomic E-state index is -0.376. The Kier molecular flexibility index (Phi) is 6.18. The summed E-state index contributed by atoms with van der Waals surface area (Å²) < 4.78 is 5.77. The number of benzene rings is 1. The molecule has 4 rings (SSSR count). The van der Waals surface area contributed by atoms with Crippen molar-refractivity contribution in [1.82, 2.24) is 15.1 Å². The summed E-state index contributed by atoms with van der Waals surface area (Å²) >= 11 is 0. The van der Waals surface area contributed by atoms with Crippen LogP contribution in [-0.4, -0.2) is 80.8 Å². The van der Waals surface area contributed by atoms with Crippen LogP contribution in [0.25, 0.3) is 0 Å². The number of esters is 1. The van der Waals surface area contributed by atoms with Gasteiger partial charge in [-0.1, -0.05) is 17.7 Å². The molecular formula is C23H34N4O3. The van der Waals surface area contributed by atoms with Crippen molar-refractivity contribution in [2.75, 3.05) is 57.8 Å². The van der Waals surface area contributed by atoms with Crippen LogP contribution in [0.4, 0.5) is 10.5 Å². The van der Waals surface area contributed by atoms with Gasteiger partial charge in [0.1, 0.15) is 6.10 Å². The summed E-state index contributed by atoms with van der Waals surface area (Å²) in [5, 5.41) is 2.67. The summed E-state index contributed by atoms with van der Waals surface area (Å²) in [5.74, 6) is -0.0479. The van der Waals surface area contributed by atoms with Crippen LogP contribution in [0.15, 0.2) is 24.3 Å². The first-order valence-corrected chi connectivity index (χ1v) is 11.2. The molecule has 164 valence electrons. The fraction of sp³-hybridized carbons (Fsp3) is 0.652. The number of hydrogen-bond donors (Lipinski definition) is 1. The number of anilines is 1. The third kappa shape index (κ3) is 4.41. The molecule has 0 radical (unpaired) electrons. The van der Waals surface area contributed by atoms with Crippen LogP contribution in [0.3, 0.4) is 0 Å². The molecule has 3 fully saturated rings. The van der Waals surface area contributed by atoms with Gasteiger partial charge in [-0.25, -0.2) is 4.79 Å². The van der Waals surface area contributed by atoms with Crippen LogP contribution in [-0.2, 0) is 9.53 Å². The molecule has 1 aromatic rings. The number of likely N-dealkylation sites (tertiary alicyclic amines) is 1. The van der Waals surface area contributed by atoms with E-state index in [4.69, 9.17) is 4.74 Å². The van der Waals surface area contributed by atoms with E-state index in [-0.39, 0.29) is 23.5 Å². The molecular weight excluding hydrogens is 380 g/mol. The predicted molar refractivity (Wildman–Crippen MR) is 117 cm³/mol. The van der Waals surface area contributed by atoms with E-state index < -0.39 is 0 Å². The van der Waals surface area contributed by atoms with Gasteiger partial charge in [-0.05, 0) is 38.3 Å². The smallest absolute Gasteiger partial charge is 0.317 e. The van der Waals surface area contributed by atoms with Crippen LogP contribution < -0.4 is 10.2 Å². The van der Waals surface area contributed by atoms with Crippen LogP contribution in [0, 0.1) is 12.3 Å². The number of urea groups is 1. The number of hydrogen-bond acceptors (Lipinski definition) is 5. The van der Waals surface area contributed by atoms with Crippen molar-refractivity contribution in [2.45, 2.75) is 38.7 Å². The van der Waals surface area contributed by atoms with E-state index in [0.717, 1.165) is 45.6 Å². The quantitative estimate of drug-likeness (QED) is 0.766. The Morgan fingerprint density at radius 2 is 1.77 bits per heavy atom. The largest absolute Gasteiger partial charge is 0.462 e. The van der Waals surface area contributed by atoms with Gasteiger partial charge in [0.05, 0.1) is 5.41 Å². The Bertz CT molecular complexity index is 750. The van der Waals surface area contributed by atoms with Crippen molar-refractivity contribution in [3.63, 3.8) is 0 Å². The van der Waals surface area contributed by atoms with E-state index in [2.05, 4.69) is 46.3 Å². The van der Waals surface area contributed by atoms with Crippen molar-refractivity contribution in [3.8, 4) is 0 Å². The zero-order chi connectivity index (χ0) is 21.1. The molecule has 1 aromatic carbocycles. The van der Waals surface area contributed by atoms with Crippen LogP contribution in [0.5, 0.6) is 0 Å². The Labute approximate surface area is 179 Å². The molecule has 3 aliphatic rings. The standard InChI is InChI=1S/C23H34N4O3/c1-18-3-5-19(6-4-18)26-15-13-25(14-16-26)10-7-20-17-23(21(28)30-20)8-11-27(12-9-23)22(29)24-2/h3-6,20H,7-17H2,1-2H3,(H,24,29)/t20-/m1/s1. The predicted octanol–water partition coefficient (Wildman–Crippen LogP) is 2.24. The maximum absolute atomic E-state index is 12.6. The molecule has 1 spiro atoms. The topological polar surface area (TPSA) is 65.1 Å². The number of piperidine rings is 1. The van der Waals surface area contributed by atoms with Gasteiger partial charge >= 0.3 is 12.0 Å². The number of piperazine rings is 1. The fourth-order valence-electron chi connectivity index (χ4n) is 5.01. The molecule has 1 atom stereocenters. The second-order valence-corrected chi connectivity index (χ2v) is 9.01. The zero-order valence-corrected chi connectivity index (χ0v) is 18.2. The van der Waals surface area contributed by atoms with Gasteiger partial charge in [-0.3, -0.25) is 9.69 Å². The molecule has 0 unspecified atom stereocenters. The van der Waals surface area contributed by atoms with Gasteiger partial charge in [0.15, 0.2) is 0 Å². The lowest BCUT2D eigenvalue weighted by atomic mass is 9.76. The molecule has 30 heavy (non-hydrogen) atoms. The number of ether oxygens (including phenoxy) is 1. The van der Waals surface area contributed by atoms with Crippen LogP contribution in [0.1, 0.15) is 31.2 Å². The minimum Gasteiger partial charge on any atom is -0.462 e. The van der Waals surface area contributed by atoms with Crippen molar-refractivity contribution in [2.24, 2.45) is 5.41 Å². The number of carbonyl (C=O) groups is 2. The van der Waals surface area contributed by atoms with E-state index in [1.54, 1.807) is 11.9 Å². The average Bonchev–Trinajstić information content (AvgIpc) is 3.08. The third-order valence-electron chi connectivity index (χ3n) is 7.09. The zero-order valence-electron chi connectivity index (χ0n) is 18.2. The fourth-order valence-corrected chi connectivity index (χ4v) is 5.01. The molecule has 0 bridgehead atoms. The molecule has 3 heterocycles. The average molecular weight is 415 g/mol. The number of nitrogens with one attached hydrogen (secondary N) is 1. The van der Waals surface area contributed by atoms with Gasteiger partial charge < -0.3 is 19.9 Å². The molecule has 7 nitrogen and oxygen atoms in total. The minimum absolute atomic E-state index is 0.0131. The van der Waals surface area contributed by atoms with Gasteiger partial charge in [-0.2, -0.15) is 0 Å². The summed E-state index contributed by atoms with van der Waals surface area (Å²) in [7, 11) is 1.65. The molecule has 1 N–H and O–H groups in total. The van der Waals surface area contributed by atoms with E-state index >= 15 is 0 Å². The molecule has 0 aliphatic carbocycles. The Morgan fingerprint density at radius 3 is 2.40 bits per heavy atom. The SMILES string of the molecule is CNC(=O)N1CCC2(CC1)C[C@@H](CCN1CCN(c3ccc(C)cc3)CC1)OC2=O. The number of cyclic esters (lactones) is 1. The summed E-state index contributed by atoms with van der Waals surface area (Å²) in [6.07, 6.45) is 3.14. The lowest BCUT2D eigenvalue weighted by Gasteiger charge is -2.37. The van der Waals surface area contributed by atoms with E-state index in [1.165, 1.54) is 11.3 Å². The normalized spacial score (nSPS) is 24.2. The summed E-state index contributed by atoms with van der Waals surface area (Å²) in [6, 6.07) is 8.70. The monoisotopic (exact) mass is 414 g/mol. The lowest BCUT2D eigenvalue weighted by molar-refractivity contribution is -0.150. The Balaban J connectivity index is 1.22. The second kappa shape index (κ2) is 8.84. The highest BCUT2D eigenvalue weighted by atomic mass is 16.6. The Hall–Kier alpha value is -2.28. The van der Waals surface area contributed by atoms with Crippen molar-refractivity contribution < 1.29 is 14.3 Å². The van der Waals surface area contributed by atoms with Gasteiger partial charge in [0, 0.05) is 65.0 Å². The molecule has 0 saturated carbocycles. The van der Waals surface area contributed by atoms with E-state index in [1.807, 2.05) is 0 Å². The van der Waals surface area contributed by atoms with Crippen molar-refractivity contribution in [1.29, 1.82) is 0 Å². The van der Waals surface area contributed by atoms with Gasteiger partial charge in [0.2, 0.25) is 0 Å². The molecule has 3 saturated heterocycles. The van der Waals surface area contributed by atoms with Crippen molar-refractivity contribution in [3.05, 3.63) is 29.8 Å². The lowest BCUT2D eigenvalue weighted by Crippen LogP contribution is -2.48. The summed E-state index contributed by atoms with van der Waals surface area (Å²) in [6.45, 7) is 8.50. The van der Waals surface area contributed by atoms with E-state index in [0.29, 0.717) is 25.9 Å². The Morgan fingerprint density at radius 1 is 1.10 bits per heavy atom. The first-order chi connectivity index (χ1) is 14.5. The van der Waals surface area contributed by atoms with Crippen LogP contribution >= 0.6 is 0 Å². The first kappa shape index (κ1) is 21.0. The number of carbonyl (C=O) groups excluding carboxylic acids is 2. The van der Waals surface area contributed by atoms with Crippen molar-refractivity contribution >= 4 is 17.7 Å². The number of amides is 2. The molecule has 3 aliphatic heterocycles. The highest BCUT2D eigenvalue weighted by molar-refractivity contribution is 5.80. The van der Waals surface area contributed by atoms with E-state index in [9.17, 15) is 9.59 Å². The highest BCUT2D eigenvalue weighted by Gasteiger charge is 2.50. The molecule has 0 aromatic heterocycles. The summed E-state index contributed by atoms with van der Waals surface area (Å²) in [5.41, 5.74) is 2.22. The maximum Gasteiger partial charge on any atom is 0.317 e. The van der Waals surface area contributed by atoms with Gasteiger partial charge in [0.25, 0.3) is 0 Å². The molecule has 7 heteroatoms. The maximum atomic E-state index is 12.6. The summed E-state index contributed by atoms with van der Waals surface area (Å²) in [4.78, 5) is 31.2. The number of aryl methyl sites for hydroxylation is 1. The van der Waals surface area contributed by atoms with Gasteiger partial charge in [-0.15, -0.1) is 0 Å². The number of rotatable bonds is 4. The molecule has 2 amide bonds. The second-order valence-electron chi connectivity index (χ2n) is 9.01. The third-order valence-corrected chi connectivity index (χ3v) is 7.09. The number of nitrogens with zero attached hydrogens (tertiary/aromatic N) is 3.